The van der Waals surface area contributed by atoms with Gasteiger partial charge in [0, 0.05) is 5.75 Å². The number of alkyl halides is 1. The van der Waals surface area contributed by atoms with Crippen LogP contribution in [0.25, 0.3) is 10.9 Å². The lowest BCUT2D eigenvalue weighted by molar-refractivity contribution is 0.0515. The van der Waals surface area contributed by atoms with Gasteiger partial charge in [-0.05, 0) is 25.1 Å². The number of rotatable bonds is 7. The van der Waals surface area contributed by atoms with E-state index in [-0.39, 0.29) is 22.9 Å². The number of thioether (sulfide) groups is 1. The molecule has 3 aromatic rings. The van der Waals surface area contributed by atoms with Crippen LogP contribution in [-0.4, -0.2) is 36.0 Å². The number of benzene rings is 2. The van der Waals surface area contributed by atoms with Crippen LogP contribution in [0.2, 0.25) is 0 Å². The molecule has 0 atom stereocenters. The van der Waals surface area contributed by atoms with Gasteiger partial charge in [-0.3, -0.25) is 4.39 Å². The number of nitrogens with zero attached hydrogens (tertiary/aromatic N) is 1. The number of aromatic nitrogens is 1. The van der Waals surface area contributed by atoms with Gasteiger partial charge in [0.25, 0.3) is 0 Å². The molecule has 0 N–H and O–H groups in total. The van der Waals surface area contributed by atoms with Crippen molar-refractivity contribution in [3.63, 3.8) is 0 Å². The summed E-state index contributed by atoms with van der Waals surface area (Å²) in [6.07, 6.45) is 0. The predicted octanol–water partition coefficient (Wildman–Crippen LogP) is 5.11. The lowest BCUT2D eigenvalue weighted by Crippen LogP contribution is -2.16. The molecule has 0 spiro atoms. The van der Waals surface area contributed by atoms with Gasteiger partial charge in [0.15, 0.2) is 23.2 Å². The van der Waals surface area contributed by atoms with Gasteiger partial charge < -0.3 is 9.47 Å². The third kappa shape index (κ3) is 4.63. The largest absolute Gasteiger partial charge is 0.462 e. The van der Waals surface area contributed by atoms with Crippen molar-refractivity contribution < 1.29 is 36.6 Å². The Kier molecular flexibility index (Phi) is 7.11. The highest BCUT2D eigenvalue weighted by Crippen LogP contribution is 2.38. The second-order valence-electron chi connectivity index (χ2n) is 6.02. The number of hydrogen-bond donors (Lipinski definition) is 0. The van der Waals surface area contributed by atoms with Gasteiger partial charge in [0.05, 0.1) is 24.2 Å². The molecule has 0 aliphatic rings. The number of halogens is 4. The second kappa shape index (κ2) is 9.78. The fourth-order valence-corrected chi connectivity index (χ4v) is 3.46. The van der Waals surface area contributed by atoms with Crippen molar-refractivity contribution in [3.8, 4) is 5.75 Å². The zero-order valence-electron chi connectivity index (χ0n) is 16.1. The summed E-state index contributed by atoms with van der Waals surface area (Å²) in [5.74, 6) is -7.67. The topological polar surface area (TPSA) is 65.5 Å². The maximum Gasteiger partial charge on any atom is 0.344 e. The molecule has 0 aliphatic heterocycles. The van der Waals surface area contributed by atoms with Gasteiger partial charge in [0.2, 0.25) is 0 Å². The van der Waals surface area contributed by atoms with Crippen LogP contribution in [0.1, 0.15) is 27.6 Å². The summed E-state index contributed by atoms with van der Waals surface area (Å²) in [4.78, 5) is 29.1. The van der Waals surface area contributed by atoms with Crippen molar-refractivity contribution in [2.45, 2.75) is 11.9 Å². The quantitative estimate of drug-likeness (QED) is 0.214. The van der Waals surface area contributed by atoms with E-state index < -0.39 is 58.3 Å². The Balaban J connectivity index is 2.31. The van der Waals surface area contributed by atoms with Crippen molar-refractivity contribution in [1.29, 1.82) is 0 Å². The molecule has 0 saturated heterocycles. The van der Waals surface area contributed by atoms with E-state index in [9.17, 15) is 27.2 Å². The van der Waals surface area contributed by atoms with Crippen molar-refractivity contribution >= 4 is 34.6 Å². The van der Waals surface area contributed by atoms with Crippen LogP contribution in [-0.2, 0) is 4.74 Å². The molecular weight excluding hydrogens is 438 g/mol. The lowest BCUT2D eigenvalue weighted by Gasteiger charge is -2.16. The zero-order valence-corrected chi connectivity index (χ0v) is 16.9. The molecule has 0 saturated carbocycles. The van der Waals surface area contributed by atoms with Crippen LogP contribution in [0, 0.1) is 17.5 Å². The monoisotopic (exact) mass is 453 g/mol. The fourth-order valence-electron chi connectivity index (χ4n) is 2.71. The molecule has 1 heterocycles. The Morgan fingerprint density at radius 3 is 2.42 bits per heavy atom. The van der Waals surface area contributed by atoms with Gasteiger partial charge in [0.1, 0.15) is 16.1 Å². The fraction of sp³-hybridized carbons (Fsp3) is 0.190. The van der Waals surface area contributed by atoms with Crippen molar-refractivity contribution in [1.82, 2.24) is 4.98 Å². The molecular formula is C21H15F4NO4S. The molecule has 3 rings (SSSR count). The number of carbonyl (C=O) groups is 2. The minimum absolute atomic E-state index is 0.0672. The third-order valence-electron chi connectivity index (χ3n) is 4.04. The maximum atomic E-state index is 14.5. The molecule has 0 amide bonds. The number of hydrogen-bond acceptors (Lipinski definition) is 6. The lowest BCUT2D eigenvalue weighted by atomic mass is 10.1. The minimum Gasteiger partial charge on any atom is -0.462 e. The van der Waals surface area contributed by atoms with Crippen LogP contribution in [0.4, 0.5) is 17.6 Å². The average Bonchev–Trinajstić information content (AvgIpc) is 2.77. The van der Waals surface area contributed by atoms with E-state index in [1.54, 1.807) is 18.2 Å². The molecule has 0 unspecified atom stereocenters. The van der Waals surface area contributed by atoms with Gasteiger partial charge in [-0.25, -0.2) is 27.7 Å². The molecule has 1 aromatic heterocycles. The summed E-state index contributed by atoms with van der Waals surface area (Å²) < 4.78 is 65.4. The van der Waals surface area contributed by atoms with Crippen molar-refractivity contribution in [2.75, 3.05) is 19.0 Å². The van der Waals surface area contributed by atoms with E-state index in [1.807, 2.05) is 0 Å². The summed E-state index contributed by atoms with van der Waals surface area (Å²) in [7, 11) is 0. The van der Waals surface area contributed by atoms with Crippen molar-refractivity contribution in [2.24, 2.45) is 0 Å². The molecule has 2 aromatic carbocycles. The standard InChI is InChI=1S/C21H15F4NO4S/c1-2-29-21(28)14-18(30-20(27)11-6-4-3-5-7-11)12-10-13(23)15(24)16(25)17(12)26-19(14)31-9-8-22/h3-7,10H,2,8-9H2,1H3. The first kappa shape index (κ1) is 22.5. The molecule has 162 valence electrons. The van der Waals surface area contributed by atoms with E-state index in [2.05, 4.69) is 4.98 Å². The van der Waals surface area contributed by atoms with Gasteiger partial charge >= 0.3 is 11.9 Å². The van der Waals surface area contributed by atoms with Crippen LogP contribution < -0.4 is 4.74 Å². The Morgan fingerprint density at radius 1 is 1.06 bits per heavy atom. The van der Waals surface area contributed by atoms with E-state index >= 15 is 0 Å². The first-order chi connectivity index (χ1) is 14.9. The number of ether oxygens (including phenoxy) is 2. The summed E-state index contributed by atoms with van der Waals surface area (Å²) >= 11 is 0.711. The Morgan fingerprint density at radius 2 is 1.77 bits per heavy atom. The van der Waals surface area contributed by atoms with E-state index in [0.717, 1.165) is 0 Å². The molecule has 0 bridgehead atoms. The van der Waals surface area contributed by atoms with Crippen LogP contribution in [0.15, 0.2) is 41.4 Å². The van der Waals surface area contributed by atoms with Gasteiger partial charge in [-0.2, -0.15) is 0 Å². The van der Waals surface area contributed by atoms with E-state index in [0.29, 0.717) is 17.8 Å². The highest BCUT2D eigenvalue weighted by atomic mass is 32.2. The van der Waals surface area contributed by atoms with Crippen LogP contribution in [0.3, 0.4) is 0 Å². The van der Waals surface area contributed by atoms with Crippen LogP contribution >= 0.6 is 11.8 Å². The summed E-state index contributed by atoms with van der Waals surface area (Å²) in [5.41, 5.74) is -1.00. The predicted molar refractivity (Wildman–Crippen MR) is 106 cm³/mol. The number of carbonyl (C=O) groups excluding carboxylic acids is 2. The average molecular weight is 453 g/mol. The number of pyridine rings is 1. The highest BCUT2D eigenvalue weighted by Gasteiger charge is 2.29. The molecule has 0 radical (unpaired) electrons. The second-order valence-corrected chi connectivity index (χ2v) is 7.10. The molecule has 5 nitrogen and oxygen atoms in total. The van der Waals surface area contributed by atoms with E-state index in [4.69, 9.17) is 9.47 Å². The van der Waals surface area contributed by atoms with Gasteiger partial charge in [-0.15, -0.1) is 11.8 Å². The summed E-state index contributed by atoms with van der Waals surface area (Å²) in [5, 5.41) is -0.697. The normalized spacial score (nSPS) is 10.9. The SMILES string of the molecule is CCOC(=O)c1c(SCCF)nc2c(F)c(F)c(F)cc2c1OC(=O)c1ccccc1. The Bertz CT molecular complexity index is 1140. The molecule has 0 aliphatic carbocycles. The maximum absolute atomic E-state index is 14.5. The smallest absolute Gasteiger partial charge is 0.344 e. The van der Waals surface area contributed by atoms with Gasteiger partial charge in [-0.1, -0.05) is 18.2 Å². The Hall–Kier alpha value is -3.14. The summed E-state index contributed by atoms with van der Waals surface area (Å²) in [6.45, 7) is 0.638. The molecule has 10 heteroatoms. The minimum atomic E-state index is -1.79. The first-order valence-electron chi connectivity index (χ1n) is 9.03. The highest BCUT2D eigenvalue weighted by molar-refractivity contribution is 7.99. The Labute approximate surface area is 178 Å². The number of fused-ring (bicyclic) bond motifs is 1. The molecule has 0 fully saturated rings. The first-order valence-corrected chi connectivity index (χ1v) is 10.0. The van der Waals surface area contributed by atoms with Crippen molar-refractivity contribution in [3.05, 3.63) is 65.0 Å². The number of esters is 2. The molecule has 31 heavy (non-hydrogen) atoms. The summed E-state index contributed by atoms with van der Waals surface area (Å²) in [6, 6.07) is 8.20. The zero-order chi connectivity index (χ0) is 22.5. The third-order valence-corrected chi connectivity index (χ3v) is 4.96. The van der Waals surface area contributed by atoms with Crippen LogP contribution in [0.5, 0.6) is 5.75 Å². The van der Waals surface area contributed by atoms with E-state index in [1.165, 1.54) is 19.1 Å².